The molecule has 2 aromatic heterocycles. The molecular formula is C27H38N8S2+2. The summed E-state index contributed by atoms with van der Waals surface area (Å²) in [6.45, 7) is 1.92. The fourth-order valence-corrected chi connectivity index (χ4v) is 4.76. The summed E-state index contributed by atoms with van der Waals surface area (Å²) in [5, 5.41) is 23.1. The molecule has 0 N–H and O–H groups in total. The molecule has 0 bridgehead atoms. The molecule has 0 aliphatic rings. The highest BCUT2D eigenvalue weighted by Gasteiger charge is 2.09. The first-order chi connectivity index (χ1) is 17.0. The van der Waals surface area contributed by atoms with Gasteiger partial charge in [-0.25, -0.2) is 9.13 Å². The third-order valence-electron chi connectivity index (χ3n) is 5.59. The van der Waals surface area contributed by atoms with Gasteiger partial charge >= 0.3 is 10.3 Å². The first kappa shape index (κ1) is 29.7. The summed E-state index contributed by atoms with van der Waals surface area (Å²) in [7, 11) is 8.18. The molecule has 0 spiro atoms. The lowest BCUT2D eigenvalue weighted by molar-refractivity contribution is -0.654. The predicted molar refractivity (Wildman–Crippen MR) is 157 cm³/mol. The van der Waals surface area contributed by atoms with E-state index in [0.29, 0.717) is 0 Å². The van der Waals surface area contributed by atoms with Gasteiger partial charge in [0, 0.05) is 49.3 Å². The smallest absolute Gasteiger partial charge is 0.375 e. The van der Waals surface area contributed by atoms with Gasteiger partial charge in [-0.1, -0.05) is 14.9 Å². The molecule has 0 saturated heterocycles. The highest BCUT2D eigenvalue weighted by molar-refractivity contribution is 7.13. The Hall–Kier alpha value is -3.50. The Morgan fingerprint density at radius 3 is 1.32 bits per heavy atom. The minimum atomic E-state index is 0. The van der Waals surface area contributed by atoms with Crippen LogP contribution in [-0.2, 0) is 14.1 Å². The number of azo groups is 2. The van der Waals surface area contributed by atoms with Gasteiger partial charge in [0.05, 0.1) is 24.3 Å². The van der Waals surface area contributed by atoms with E-state index in [9.17, 15) is 0 Å². The van der Waals surface area contributed by atoms with Crippen LogP contribution in [0.1, 0.15) is 21.3 Å². The van der Waals surface area contributed by atoms with Crippen LogP contribution < -0.4 is 18.9 Å². The number of aryl methyl sites for hydroxylation is 2. The molecule has 2 heterocycles. The zero-order chi connectivity index (χ0) is 24.6. The third kappa shape index (κ3) is 8.26. The lowest BCUT2D eigenvalue weighted by Crippen LogP contribution is -2.25. The predicted octanol–water partition coefficient (Wildman–Crippen LogP) is 7.52. The summed E-state index contributed by atoms with van der Waals surface area (Å²) in [5.74, 6) is 0. The van der Waals surface area contributed by atoms with Crippen molar-refractivity contribution in [3.8, 4) is 0 Å². The van der Waals surface area contributed by atoms with E-state index in [4.69, 9.17) is 0 Å². The van der Waals surface area contributed by atoms with E-state index in [1.54, 1.807) is 22.7 Å². The molecular weight excluding hydrogens is 500 g/mol. The number of rotatable bonds is 10. The zero-order valence-corrected chi connectivity index (χ0v) is 22.1. The molecule has 0 aliphatic heterocycles. The molecule has 0 amide bonds. The van der Waals surface area contributed by atoms with E-state index in [0.717, 1.165) is 41.1 Å². The molecule has 196 valence electrons. The van der Waals surface area contributed by atoms with E-state index in [1.165, 1.54) is 11.4 Å². The highest BCUT2D eigenvalue weighted by atomic mass is 32.1. The number of thiazole rings is 2. The zero-order valence-electron chi connectivity index (χ0n) is 20.4. The number of anilines is 2. The Kier molecular flexibility index (Phi) is 11.5. The topological polar surface area (TPSA) is 63.7 Å². The number of aromatic nitrogens is 2. The van der Waals surface area contributed by atoms with Crippen molar-refractivity contribution in [1.29, 1.82) is 0 Å². The minimum absolute atomic E-state index is 0. The lowest BCUT2D eigenvalue weighted by atomic mass is 10.2. The van der Waals surface area contributed by atoms with Gasteiger partial charge < -0.3 is 9.80 Å². The average Bonchev–Trinajstić information content (AvgIpc) is 3.49. The number of nitrogens with zero attached hydrogens (tertiary/aromatic N) is 8. The Morgan fingerprint density at radius 1 is 0.622 bits per heavy atom. The van der Waals surface area contributed by atoms with Gasteiger partial charge in [0.25, 0.3) is 0 Å². The second kappa shape index (κ2) is 14.3. The van der Waals surface area contributed by atoms with Gasteiger partial charge in [-0.05, 0) is 87.9 Å². The summed E-state index contributed by atoms with van der Waals surface area (Å²) < 4.78 is 3.92. The Bertz CT molecular complexity index is 1180. The third-order valence-corrected chi connectivity index (χ3v) is 7.27. The molecule has 0 unspecified atom stereocenters. The first-order valence-corrected chi connectivity index (χ1v) is 13.1. The minimum Gasteiger partial charge on any atom is -0.375 e. The Labute approximate surface area is 228 Å². The molecule has 0 fully saturated rings. The standard InChI is InChI=1S/C25H30N8S2.2CH4/c1-30(22-10-6-20(7-11-22)26-28-24-32(3)16-18-34-24)14-5-15-31(2)23-12-8-21(9-13-23)27-29-25-33(4)17-19-35-25;;/h6-13,16-19H,5,14-15H2,1-4H3;2*1H4/q+2;;. The highest BCUT2D eigenvalue weighted by Crippen LogP contribution is 2.24. The van der Waals surface area contributed by atoms with Crippen molar-refractivity contribution < 1.29 is 9.13 Å². The fraction of sp³-hybridized carbons (Fsp3) is 0.333. The van der Waals surface area contributed by atoms with Crippen LogP contribution in [0.3, 0.4) is 0 Å². The van der Waals surface area contributed by atoms with Crippen LogP contribution >= 0.6 is 22.7 Å². The summed E-state index contributed by atoms with van der Waals surface area (Å²) in [4.78, 5) is 4.53. The van der Waals surface area contributed by atoms with Crippen molar-refractivity contribution in [3.05, 3.63) is 71.7 Å². The average molecular weight is 539 g/mol. The van der Waals surface area contributed by atoms with E-state index in [1.807, 2.05) is 70.6 Å². The van der Waals surface area contributed by atoms with Crippen molar-refractivity contribution in [2.45, 2.75) is 21.3 Å². The molecule has 4 rings (SSSR count). The van der Waals surface area contributed by atoms with Crippen LogP contribution in [-0.4, -0.2) is 27.2 Å². The molecule has 0 radical (unpaired) electrons. The summed E-state index contributed by atoms with van der Waals surface area (Å²) >= 11 is 3.14. The molecule has 8 nitrogen and oxygen atoms in total. The van der Waals surface area contributed by atoms with Crippen molar-refractivity contribution in [2.24, 2.45) is 34.6 Å². The fourth-order valence-electron chi connectivity index (χ4n) is 3.40. The molecule has 0 aliphatic carbocycles. The van der Waals surface area contributed by atoms with Gasteiger partial charge in [-0.15, -0.1) is 0 Å². The second-order valence-electron chi connectivity index (χ2n) is 8.22. The summed E-state index contributed by atoms with van der Waals surface area (Å²) in [6.07, 6.45) is 4.99. The van der Waals surface area contributed by atoms with Crippen LogP contribution in [0, 0.1) is 0 Å². The molecule has 0 atom stereocenters. The maximum Gasteiger partial charge on any atom is 0.408 e. The number of hydrogen-bond acceptors (Lipinski definition) is 8. The molecule has 4 aromatic rings. The molecule has 0 saturated carbocycles. The Balaban J connectivity index is 0.00000241. The normalized spacial score (nSPS) is 10.9. The summed E-state index contributed by atoms with van der Waals surface area (Å²) in [6, 6.07) is 16.4. The van der Waals surface area contributed by atoms with Crippen molar-refractivity contribution in [3.63, 3.8) is 0 Å². The van der Waals surface area contributed by atoms with Crippen molar-refractivity contribution in [2.75, 3.05) is 37.0 Å². The van der Waals surface area contributed by atoms with Crippen LogP contribution in [0.2, 0.25) is 0 Å². The lowest BCUT2D eigenvalue weighted by Gasteiger charge is -2.23. The quantitative estimate of drug-likeness (QED) is 0.155. The van der Waals surface area contributed by atoms with Crippen molar-refractivity contribution in [1.82, 2.24) is 0 Å². The molecule has 37 heavy (non-hydrogen) atoms. The van der Waals surface area contributed by atoms with E-state index in [-0.39, 0.29) is 14.9 Å². The molecule has 2 aromatic carbocycles. The largest absolute Gasteiger partial charge is 0.408 e. The SMILES string of the molecule is C.C.CN(CCCN(C)c1ccc(N=Nc2scc[n+]2C)cc1)c1ccc(N=Nc2scc[n+]2C)cc1. The maximum absolute atomic E-state index is 4.34. The number of benzene rings is 2. The first-order valence-electron chi connectivity index (χ1n) is 11.3. The van der Waals surface area contributed by atoms with Gasteiger partial charge in [-0.2, -0.15) is 0 Å². The monoisotopic (exact) mass is 538 g/mol. The van der Waals surface area contributed by atoms with E-state index < -0.39 is 0 Å². The van der Waals surface area contributed by atoms with Crippen molar-refractivity contribution >= 4 is 55.7 Å². The Morgan fingerprint density at radius 2 is 1.00 bits per heavy atom. The number of hydrogen-bond donors (Lipinski definition) is 0. The maximum atomic E-state index is 4.34. The summed E-state index contributed by atoms with van der Waals surface area (Å²) in [5.41, 5.74) is 4.04. The molecule has 10 heteroatoms. The van der Waals surface area contributed by atoms with Gasteiger partial charge in [-0.3, -0.25) is 0 Å². The van der Waals surface area contributed by atoms with Crippen LogP contribution in [0.25, 0.3) is 0 Å². The van der Waals surface area contributed by atoms with Crippen LogP contribution in [0.15, 0.2) is 92.1 Å². The van der Waals surface area contributed by atoms with Gasteiger partial charge in [0.1, 0.15) is 23.8 Å². The van der Waals surface area contributed by atoms with E-state index >= 15 is 0 Å². The van der Waals surface area contributed by atoms with Crippen LogP contribution in [0.5, 0.6) is 0 Å². The second-order valence-corrected chi connectivity index (χ2v) is 9.97. The van der Waals surface area contributed by atoms with Crippen LogP contribution in [0.4, 0.5) is 33.0 Å². The van der Waals surface area contributed by atoms with Gasteiger partial charge in [0.2, 0.25) is 0 Å². The van der Waals surface area contributed by atoms with E-state index in [2.05, 4.69) is 68.6 Å². The van der Waals surface area contributed by atoms with Gasteiger partial charge in [0.15, 0.2) is 0 Å².